The molecule has 3 heterocycles. The molecule has 0 unspecified atom stereocenters. The summed E-state index contributed by atoms with van der Waals surface area (Å²) in [7, 11) is 0. The third-order valence-corrected chi connectivity index (χ3v) is 5.66. The summed E-state index contributed by atoms with van der Waals surface area (Å²) in [5, 5.41) is 16.2. The molecule has 7 nitrogen and oxygen atoms in total. The van der Waals surface area contributed by atoms with Crippen LogP contribution in [-0.2, 0) is 6.54 Å². The maximum Gasteiger partial charge on any atom is 0.253 e. The molecule has 2 aromatic heterocycles. The van der Waals surface area contributed by atoms with Crippen molar-refractivity contribution >= 4 is 17.2 Å². The monoisotopic (exact) mass is 412 g/mol. The van der Waals surface area contributed by atoms with Gasteiger partial charge in [0, 0.05) is 30.8 Å². The number of rotatable bonds is 5. The SMILES string of the molecule is O=C(c1ccc(CNc2cc(-c3ccccc3)nn3cnnc23)cc1)N1CCCCC1. The van der Waals surface area contributed by atoms with Gasteiger partial charge in [0.1, 0.15) is 6.33 Å². The van der Waals surface area contributed by atoms with E-state index in [1.807, 2.05) is 65.6 Å². The highest BCUT2D eigenvalue weighted by Gasteiger charge is 2.18. The molecule has 0 atom stereocenters. The van der Waals surface area contributed by atoms with E-state index < -0.39 is 0 Å². The fourth-order valence-corrected chi connectivity index (χ4v) is 3.95. The number of benzene rings is 2. The van der Waals surface area contributed by atoms with Gasteiger partial charge in [-0.05, 0) is 43.0 Å². The molecule has 4 aromatic rings. The van der Waals surface area contributed by atoms with E-state index in [9.17, 15) is 4.79 Å². The van der Waals surface area contributed by atoms with Crippen molar-refractivity contribution in [1.82, 2.24) is 24.7 Å². The second-order valence-corrected chi connectivity index (χ2v) is 7.81. The smallest absolute Gasteiger partial charge is 0.253 e. The molecule has 0 saturated carbocycles. The summed E-state index contributed by atoms with van der Waals surface area (Å²) < 4.78 is 1.69. The number of fused-ring (bicyclic) bond motifs is 1. The average molecular weight is 412 g/mol. The minimum Gasteiger partial charge on any atom is -0.378 e. The highest BCUT2D eigenvalue weighted by molar-refractivity contribution is 5.94. The van der Waals surface area contributed by atoms with Gasteiger partial charge in [-0.15, -0.1) is 10.2 Å². The molecular weight excluding hydrogens is 388 g/mol. The van der Waals surface area contributed by atoms with E-state index in [-0.39, 0.29) is 5.91 Å². The van der Waals surface area contributed by atoms with Crippen molar-refractivity contribution in [3.05, 3.63) is 78.1 Å². The minimum absolute atomic E-state index is 0.131. The van der Waals surface area contributed by atoms with Gasteiger partial charge in [-0.1, -0.05) is 42.5 Å². The predicted molar refractivity (Wildman–Crippen MR) is 120 cm³/mol. The first-order chi connectivity index (χ1) is 15.3. The van der Waals surface area contributed by atoms with Gasteiger partial charge in [0.15, 0.2) is 0 Å². The molecule has 7 heteroatoms. The Morgan fingerprint density at radius 1 is 0.968 bits per heavy atom. The summed E-state index contributed by atoms with van der Waals surface area (Å²) in [6, 6.07) is 19.9. The van der Waals surface area contributed by atoms with Crippen LogP contribution in [-0.4, -0.2) is 43.7 Å². The molecule has 1 aliphatic rings. The zero-order valence-electron chi connectivity index (χ0n) is 17.2. The van der Waals surface area contributed by atoms with E-state index >= 15 is 0 Å². The third kappa shape index (κ3) is 4.12. The highest BCUT2D eigenvalue weighted by atomic mass is 16.2. The van der Waals surface area contributed by atoms with Crippen LogP contribution in [0.3, 0.4) is 0 Å². The van der Waals surface area contributed by atoms with E-state index in [0.717, 1.165) is 54.0 Å². The van der Waals surface area contributed by atoms with Crippen molar-refractivity contribution in [3.63, 3.8) is 0 Å². The van der Waals surface area contributed by atoms with E-state index in [4.69, 9.17) is 0 Å². The zero-order valence-corrected chi connectivity index (χ0v) is 17.2. The Kier molecular flexibility index (Phi) is 5.31. The first kappa shape index (κ1) is 19.2. The van der Waals surface area contributed by atoms with Gasteiger partial charge in [-0.25, -0.2) is 0 Å². The molecule has 1 aliphatic heterocycles. The summed E-state index contributed by atoms with van der Waals surface area (Å²) in [6.45, 7) is 2.34. The predicted octanol–water partition coefficient (Wildman–Crippen LogP) is 4.03. The molecule has 1 fully saturated rings. The van der Waals surface area contributed by atoms with E-state index in [2.05, 4.69) is 20.6 Å². The van der Waals surface area contributed by atoms with E-state index in [1.165, 1.54) is 6.42 Å². The van der Waals surface area contributed by atoms with Crippen LogP contribution in [0.15, 0.2) is 67.0 Å². The standard InChI is InChI=1S/C24H24N6O/c31-24(29-13-5-2-6-14-29)20-11-9-18(10-12-20)16-25-22-15-21(19-7-3-1-4-8-19)28-30-17-26-27-23(22)30/h1,3-4,7-12,15,17,25H,2,5-6,13-14,16H2. The lowest BCUT2D eigenvalue weighted by atomic mass is 10.1. The van der Waals surface area contributed by atoms with Crippen molar-refractivity contribution in [2.24, 2.45) is 0 Å². The van der Waals surface area contributed by atoms with Crippen LogP contribution in [0, 0.1) is 0 Å². The number of carbonyl (C=O) groups is 1. The maximum absolute atomic E-state index is 12.7. The largest absolute Gasteiger partial charge is 0.378 e. The Bertz CT molecular complexity index is 1180. The van der Waals surface area contributed by atoms with Crippen molar-refractivity contribution < 1.29 is 4.79 Å². The molecule has 1 N–H and O–H groups in total. The number of aromatic nitrogens is 4. The number of hydrogen-bond acceptors (Lipinski definition) is 5. The van der Waals surface area contributed by atoms with Crippen LogP contribution in [0.1, 0.15) is 35.2 Å². The van der Waals surface area contributed by atoms with Crippen LogP contribution < -0.4 is 5.32 Å². The fourth-order valence-electron chi connectivity index (χ4n) is 3.95. The van der Waals surface area contributed by atoms with E-state index in [1.54, 1.807) is 10.8 Å². The van der Waals surface area contributed by atoms with Crippen LogP contribution in [0.25, 0.3) is 16.9 Å². The number of nitrogens with one attached hydrogen (secondary N) is 1. The molecule has 0 radical (unpaired) electrons. The van der Waals surface area contributed by atoms with Gasteiger partial charge >= 0.3 is 0 Å². The fraction of sp³-hybridized carbons (Fsp3) is 0.250. The van der Waals surface area contributed by atoms with Crippen LogP contribution in [0.4, 0.5) is 5.69 Å². The molecule has 1 amide bonds. The Morgan fingerprint density at radius 2 is 1.74 bits per heavy atom. The minimum atomic E-state index is 0.131. The molecule has 156 valence electrons. The lowest BCUT2D eigenvalue weighted by molar-refractivity contribution is 0.0724. The Hall–Kier alpha value is -3.74. The second-order valence-electron chi connectivity index (χ2n) is 7.81. The number of amides is 1. The molecule has 31 heavy (non-hydrogen) atoms. The quantitative estimate of drug-likeness (QED) is 0.536. The Balaban J connectivity index is 1.33. The number of likely N-dealkylation sites (tertiary alicyclic amines) is 1. The molecule has 0 spiro atoms. The average Bonchev–Trinajstić information content (AvgIpc) is 3.32. The molecule has 0 aliphatic carbocycles. The topological polar surface area (TPSA) is 75.4 Å². The number of piperidine rings is 1. The molecule has 0 bridgehead atoms. The van der Waals surface area contributed by atoms with Gasteiger partial charge in [-0.2, -0.15) is 9.61 Å². The lowest BCUT2D eigenvalue weighted by Crippen LogP contribution is -2.35. The van der Waals surface area contributed by atoms with Crippen LogP contribution in [0.2, 0.25) is 0 Å². The van der Waals surface area contributed by atoms with Crippen molar-refractivity contribution in [2.75, 3.05) is 18.4 Å². The summed E-state index contributed by atoms with van der Waals surface area (Å²) in [6.07, 6.45) is 5.02. The number of hydrogen-bond donors (Lipinski definition) is 1. The molecule has 1 saturated heterocycles. The van der Waals surface area contributed by atoms with Gasteiger partial charge < -0.3 is 10.2 Å². The van der Waals surface area contributed by atoms with Crippen molar-refractivity contribution in [1.29, 1.82) is 0 Å². The summed E-state index contributed by atoms with van der Waals surface area (Å²) in [5.74, 6) is 0.131. The highest BCUT2D eigenvalue weighted by Crippen LogP contribution is 2.23. The lowest BCUT2D eigenvalue weighted by Gasteiger charge is -2.26. The number of carbonyl (C=O) groups excluding carboxylic acids is 1. The molecular formula is C24H24N6O. The van der Waals surface area contributed by atoms with Gasteiger partial charge in [-0.3, -0.25) is 4.79 Å². The first-order valence-electron chi connectivity index (χ1n) is 10.7. The van der Waals surface area contributed by atoms with Gasteiger partial charge in [0.2, 0.25) is 5.65 Å². The van der Waals surface area contributed by atoms with Crippen LogP contribution in [0.5, 0.6) is 0 Å². The molecule has 2 aromatic carbocycles. The Labute approximate surface area is 180 Å². The molecule has 5 rings (SSSR count). The first-order valence-corrected chi connectivity index (χ1v) is 10.7. The third-order valence-electron chi connectivity index (χ3n) is 5.66. The van der Waals surface area contributed by atoms with Crippen LogP contribution >= 0.6 is 0 Å². The maximum atomic E-state index is 12.7. The van der Waals surface area contributed by atoms with Gasteiger partial charge in [0.05, 0.1) is 11.4 Å². The summed E-state index contributed by atoms with van der Waals surface area (Å²) in [5.41, 5.74) is 5.25. The normalized spacial score (nSPS) is 14.0. The summed E-state index contributed by atoms with van der Waals surface area (Å²) >= 11 is 0. The van der Waals surface area contributed by atoms with Gasteiger partial charge in [0.25, 0.3) is 5.91 Å². The Morgan fingerprint density at radius 3 is 2.52 bits per heavy atom. The van der Waals surface area contributed by atoms with Crippen molar-refractivity contribution in [3.8, 4) is 11.3 Å². The second kappa shape index (κ2) is 8.55. The zero-order chi connectivity index (χ0) is 21.0. The summed E-state index contributed by atoms with van der Waals surface area (Å²) in [4.78, 5) is 14.6. The van der Waals surface area contributed by atoms with E-state index in [0.29, 0.717) is 12.2 Å². The number of nitrogens with zero attached hydrogens (tertiary/aromatic N) is 5. The number of anilines is 1. The van der Waals surface area contributed by atoms with Crippen molar-refractivity contribution in [2.45, 2.75) is 25.8 Å².